The van der Waals surface area contributed by atoms with E-state index in [0.29, 0.717) is 0 Å². The largest absolute Gasteiger partial charge is 0.262 e. The van der Waals surface area contributed by atoms with Crippen molar-refractivity contribution in [2.75, 3.05) is 0 Å². The highest BCUT2D eigenvalue weighted by atomic mass is 27.2. The van der Waals surface area contributed by atoms with Crippen LogP contribution in [-0.4, -0.2) is 14.1 Å². The van der Waals surface area contributed by atoms with E-state index in [2.05, 4.69) is 34.6 Å². The SMILES string of the molecule is CCC[C@H](CCC(C)C)[CH2][Al]([CH2]CC)[CH2]CC. The van der Waals surface area contributed by atoms with Crippen LogP contribution in [0.5, 0.6) is 0 Å². The molecule has 0 radical (unpaired) electrons. The second kappa shape index (κ2) is 11.6. The van der Waals surface area contributed by atoms with Crippen LogP contribution in [0.2, 0.25) is 15.8 Å². The molecule has 0 aromatic carbocycles. The molecule has 0 heterocycles. The molecule has 0 saturated carbocycles. The topological polar surface area (TPSA) is 0 Å². The first-order valence-electron chi connectivity index (χ1n) is 8.13. The summed E-state index contributed by atoms with van der Waals surface area (Å²) in [6.45, 7) is 11.8. The third-order valence-electron chi connectivity index (χ3n) is 3.91. The van der Waals surface area contributed by atoms with Gasteiger partial charge in [0.05, 0.1) is 0 Å². The molecule has 17 heavy (non-hydrogen) atoms. The van der Waals surface area contributed by atoms with Gasteiger partial charge in [0.15, 0.2) is 0 Å². The Labute approximate surface area is 115 Å². The lowest BCUT2D eigenvalue weighted by atomic mass is 9.96. The Morgan fingerprint density at radius 2 is 1.35 bits per heavy atom. The van der Waals surface area contributed by atoms with Gasteiger partial charge in [-0.25, -0.2) is 0 Å². The van der Waals surface area contributed by atoms with Crippen molar-refractivity contribution in [3.63, 3.8) is 0 Å². The molecule has 0 N–H and O–H groups in total. The third kappa shape index (κ3) is 10.2. The molecule has 0 aliphatic heterocycles. The minimum absolute atomic E-state index is 0.386. The van der Waals surface area contributed by atoms with Gasteiger partial charge >= 0.3 is 0 Å². The molecule has 0 saturated heterocycles. The van der Waals surface area contributed by atoms with Crippen molar-refractivity contribution in [2.45, 2.75) is 89.0 Å². The second-order valence-corrected chi connectivity index (χ2v) is 9.66. The first kappa shape index (κ1) is 17.5. The molecule has 0 aliphatic carbocycles. The van der Waals surface area contributed by atoms with Gasteiger partial charge in [-0.3, -0.25) is 0 Å². The van der Waals surface area contributed by atoms with Crippen LogP contribution in [0.1, 0.15) is 73.1 Å². The Balaban J connectivity index is 4.07. The Bertz CT molecular complexity index is 148. The molecular formula is C16H35Al. The highest BCUT2D eigenvalue weighted by Gasteiger charge is 2.20. The zero-order valence-corrected chi connectivity index (χ0v) is 14.3. The zero-order valence-electron chi connectivity index (χ0n) is 13.1. The van der Waals surface area contributed by atoms with Gasteiger partial charge in [0.2, 0.25) is 0 Å². The molecular weight excluding hydrogens is 219 g/mol. The molecule has 0 bridgehead atoms. The summed E-state index contributed by atoms with van der Waals surface area (Å²) in [6.07, 6.45) is 8.69. The minimum atomic E-state index is -0.386. The fourth-order valence-electron chi connectivity index (χ4n) is 3.03. The Kier molecular flexibility index (Phi) is 12.0. The van der Waals surface area contributed by atoms with E-state index in [0.717, 1.165) is 11.8 Å². The number of hydrogen-bond acceptors (Lipinski definition) is 0. The Hall–Kier alpha value is 0.532. The third-order valence-corrected chi connectivity index (χ3v) is 8.03. The van der Waals surface area contributed by atoms with Crippen molar-refractivity contribution in [2.24, 2.45) is 11.8 Å². The van der Waals surface area contributed by atoms with E-state index in [1.54, 1.807) is 15.8 Å². The average Bonchev–Trinajstić information content (AvgIpc) is 2.27. The van der Waals surface area contributed by atoms with Crippen LogP contribution < -0.4 is 0 Å². The molecule has 102 valence electrons. The number of hydrogen-bond donors (Lipinski definition) is 0. The molecule has 1 heteroatoms. The van der Waals surface area contributed by atoms with Crippen molar-refractivity contribution in [1.82, 2.24) is 0 Å². The summed E-state index contributed by atoms with van der Waals surface area (Å²) < 4.78 is 0. The normalized spacial score (nSPS) is 13.1. The molecule has 0 aromatic rings. The van der Waals surface area contributed by atoms with Gasteiger partial charge in [-0.15, -0.1) is 0 Å². The van der Waals surface area contributed by atoms with E-state index in [9.17, 15) is 0 Å². The molecule has 0 nitrogen and oxygen atoms in total. The lowest BCUT2D eigenvalue weighted by Gasteiger charge is -2.21. The van der Waals surface area contributed by atoms with Crippen molar-refractivity contribution in [3.8, 4) is 0 Å². The average molecular weight is 254 g/mol. The zero-order chi connectivity index (χ0) is 13.1. The fraction of sp³-hybridized carbons (Fsp3) is 1.00. The Morgan fingerprint density at radius 1 is 0.765 bits per heavy atom. The summed E-state index contributed by atoms with van der Waals surface area (Å²) in [5.41, 5.74) is 0. The van der Waals surface area contributed by atoms with Crippen LogP contribution in [0.4, 0.5) is 0 Å². The molecule has 0 unspecified atom stereocenters. The molecule has 1 atom stereocenters. The maximum atomic E-state index is 2.37. The van der Waals surface area contributed by atoms with Gasteiger partial charge in [0.25, 0.3) is 14.1 Å². The van der Waals surface area contributed by atoms with Crippen molar-refractivity contribution in [3.05, 3.63) is 0 Å². The predicted molar refractivity (Wildman–Crippen MR) is 83.2 cm³/mol. The number of rotatable bonds is 11. The maximum absolute atomic E-state index is 2.37. The van der Waals surface area contributed by atoms with E-state index in [1.807, 2.05) is 0 Å². The highest BCUT2D eigenvalue weighted by Crippen LogP contribution is 2.25. The summed E-state index contributed by atoms with van der Waals surface area (Å²) >= 11 is -0.386. The van der Waals surface area contributed by atoms with E-state index in [4.69, 9.17) is 0 Å². The summed E-state index contributed by atoms with van der Waals surface area (Å²) in [4.78, 5) is 0. The van der Waals surface area contributed by atoms with Crippen LogP contribution in [0.3, 0.4) is 0 Å². The predicted octanol–water partition coefficient (Wildman–Crippen LogP) is 6.15. The highest BCUT2D eigenvalue weighted by molar-refractivity contribution is 6.58. The smallest absolute Gasteiger partial charge is 0.0941 e. The lowest BCUT2D eigenvalue weighted by molar-refractivity contribution is 0.422. The Morgan fingerprint density at radius 3 is 1.76 bits per heavy atom. The minimum Gasteiger partial charge on any atom is -0.0941 e. The monoisotopic (exact) mass is 254 g/mol. The van der Waals surface area contributed by atoms with E-state index < -0.39 is 0 Å². The summed E-state index contributed by atoms with van der Waals surface area (Å²) in [7, 11) is 0. The standard InChI is InChI=1S/C10H21.2C3H7.Al/c1-5-6-10(4)8-7-9(2)3;2*1-3-2;/h9-10H,4-8H2,1-3H3;2*1,3H2,2H3;/t10-;;;/m1.../s1. The first-order chi connectivity index (χ1) is 8.13. The van der Waals surface area contributed by atoms with Gasteiger partial charge < -0.3 is 0 Å². The van der Waals surface area contributed by atoms with Crippen LogP contribution in [-0.2, 0) is 0 Å². The van der Waals surface area contributed by atoms with Gasteiger partial charge in [-0.1, -0.05) is 94.9 Å². The molecule has 0 rings (SSSR count). The summed E-state index contributed by atoms with van der Waals surface area (Å²) in [6, 6.07) is 0. The summed E-state index contributed by atoms with van der Waals surface area (Å²) in [5.74, 6) is 1.96. The van der Waals surface area contributed by atoms with Crippen LogP contribution in [0, 0.1) is 11.8 Å². The van der Waals surface area contributed by atoms with Gasteiger partial charge in [-0.2, -0.15) is 0 Å². The maximum Gasteiger partial charge on any atom is 0.262 e. The molecule has 0 amide bonds. The van der Waals surface area contributed by atoms with Gasteiger partial charge in [0.1, 0.15) is 0 Å². The van der Waals surface area contributed by atoms with E-state index in [1.165, 1.54) is 38.5 Å². The van der Waals surface area contributed by atoms with E-state index >= 15 is 0 Å². The molecule has 0 aromatic heterocycles. The lowest BCUT2D eigenvalue weighted by Crippen LogP contribution is -2.17. The van der Waals surface area contributed by atoms with Crippen LogP contribution >= 0.6 is 0 Å². The molecule has 0 aliphatic rings. The fourth-order valence-corrected chi connectivity index (χ4v) is 6.83. The quantitative estimate of drug-likeness (QED) is 0.388. The summed E-state index contributed by atoms with van der Waals surface area (Å²) in [5, 5.41) is 4.83. The van der Waals surface area contributed by atoms with E-state index in [-0.39, 0.29) is 14.1 Å². The van der Waals surface area contributed by atoms with Crippen LogP contribution in [0.25, 0.3) is 0 Å². The van der Waals surface area contributed by atoms with Crippen molar-refractivity contribution >= 4 is 14.1 Å². The molecule has 0 spiro atoms. The first-order valence-corrected chi connectivity index (χ1v) is 10.6. The van der Waals surface area contributed by atoms with Gasteiger partial charge in [-0.05, 0) is 5.92 Å². The van der Waals surface area contributed by atoms with Crippen LogP contribution in [0.15, 0.2) is 0 Å². The van der Waals surface area contributed by atoms with Gasteiger partial charge in [0, 0.05) is 0 Å². The van der Waals surface area contributed by atoms with Crippen molar-refractivity contribution in [1.29, 1.82) is 0 Å². The second-order valence-electron chi connectivity index (χ2n) is 6.30. The molecule has 0 fully saturated rings. The van der Waals surface area contributed by atoms with Crippen molar-refractivity contribution < 1.29 is 0 Å².